The standard InChI is InChI=1S/C17H13Cl5N6O/c18-10-1-2-12(19)11(9-10)13-3-4-23-15-24-16(25-28(13)15)27-7-5-26(6-8-27)14(29)17(20,21)22/h1-4,9H,5-8H2. The van der Waals surface area contributed by atoms with Crippen LogP contribution in [0.4, 0.5) is 5.95 Å². The van der Waals surface area contributed by atoms with Crippen LogP contribution in [0.1, 0.15) is 0 Å². The van der Waals surface area contributed by atoms with Crippen molar-refractivity contribution in [1.82, 2.24) is 24.5 Å². The molecule has 3 heterocycles. The zero-order valence-electron chi connectivity index (χ0n) is 14.7. The zero-order valence-corrected chi connectivity index (χ0v) is 18.5. The molecule has 3 aromatic rings. The molecule has 7 nitrogen and oxygen atoms in total. The Labute approximate surface area is 191 Å². The molecule has 1 aliphatic heterocycles. The number of fused-ring (bicyclic) bond motifs is 1. The number of halogens is 5. The number of benzene rings is 1. The molecule has 0 spiro atoms. The monoisotopic (exact) mass is 492 g/mol. The number of aromatic nitrogens is 4. The first-order valence-corrected chi connectivity index (χ1v) is 10.4. The van der Waals surface area contributed by atoms with Gasteiger partial charge >= 0.3 is 0 Å². The second-order valence-corrected chi connectivity index (χ2v) is 9.48. The summed E-state index contributed by atoms with van der Waals surface area (Å²) in [5.74, 6) is 0.377. The summed E-state index contributed by atoms with van der Waals surface area (Å²) < 4.78 is -0.343. The van der Waals surface area contributed by atoms with Crippen LogP contribution >= 0.6 is 58.0 Å². The molecule has 4 rings (SSSR count). The van der Waals surface area contributed by atoms with Gasteiger partial charge in [-0.2, -0.15) is 9.50 Å². The molecule has 0 radical (unpaired) electrons. The number of carbonyl (C=O) groups is 1. The average Bonchev–Trinajstić information content (AvgIpc) is 3.13. The third-order valence-corrected chi connectivity index (χ3v) is 5.58. The van der Waals surface area contributed by atoms with Crippen LogP contribution in [0.15, 0.2) is 30.5 Å². The van der Waals surface area contributed by atoms with Gasteiger partial charge in [0.25, 0.3) is 15.5 Å². The Bertz CT molecular complexity index is 1070. The number of piperazine rings is 1. The van der Waals surface area contributed by atoms with E-state index in [1.54, 1.807) is 35.0 Å². The fourth-order valence-electron chi connectivity index (χ4n) is 3.10. The maximum Gasteiger partial charge on any atom is 0.274 e. The first-order valence-electron chi connectivity index (χ1n) is 8.52. The van der Waals surface area contributed by atoms with Crippen molar-refractivity contribution in [1.29, 1.82) is 0 Å². The molecule has 12 heteroatoms. The van der Waals surface area contributed by atoms with E-state index in [2.05, 4.69) is 15.1 Å². The molecule has 1 saturated heterocycles. The molecule has 0 unspecified atom stereocenters. The highest BCUT2D eigenvalue weighted by Crippen LogP contribution is 2.31. The molecule has 0 bridgehead atoms. The van der Waals surface area contributed by atoms with Crippen LogP contribution in [0, 0.1) is 0 Å². The Morgan fingerprint density at radius 2 is 1.76 bits per heavy atom. The highest BCUT2D eigenvalue weighted by Gasteiger charge is 2.36. The van der Waals surface area contributed by atoms with E-state index in [9.17, 15) is 4.79 Å². The topological polar surface area (TPSA) is 66.6 Å². The SMILES string of the molecule is O=C(N1CCN(c2nc3nccc(-c4cc(Cl)ccc4Cl)n3n2)CC1)C(Cl)(Cl)Cl. The summed E-state index contributed by atoms with van der Waals surface area (Å²) in [6.07, 6.45) is 1.64. The summed E-state index contributed by atoms with van der Waals surface area (Å²) in [7, 11) is 0. The fourth-order valence-corrected chi connectivity index (χ4v) is 3.85. The Morgan fingerprint density at radius 1 is 1.03 bits per heavy atom. The molecule has 1 amide bonds. The fraction of sp³-hybridized carbons (Fsp3) is 0.294. The van der Waals surface area contributed by atoms with Gasteiger partial charge < -0.3 is 9.80 Å². The van der Waals surface area contributed by atoms with Crippen molar-refractivity contribution in [2.75, 3.05) is 31.1 Å². The summed E-state index contributed by atoms with van der Waals surface area (Å²) in [6, 6.07) is 7.00. The Balaban J connectivity index is 1.61. The maximum absolute atomic E-state index is 12.1. The third kappa shape index (κ3) is 4.20. The van der Waals surface area contributed by atoms with Gasteiger partial charge in [0, 0.05) is 43.0 Å². The molecule has 1 fully saturated rings. The Kier molecular flexibility index (Phi) is 5.70. The third-order valence-electron chi connectivity index (χ3n) is 4.53. The number of alkyl halides is 3. The molecular formula is C17H13Cl5N6O. The van der Waals surface area contributed by atoms with Crippen molar-refractivity contribution in [3.63, 3.8) is 0 Å². The minimum Gasteiger partial charge on any atom is -0.336 e. The van der Waals surface area contributed by atoms with Crippen LogP contribution < -0.4 is 4.90 Å². The number of nitrogens with zero attached hydrogens (tertiary/aromatic N) is 6. The smallest absolute Gasteiger partial charge is 0.274 e. The van der Waals surface area contributed by atoms with E-state index in [-0.39, 0.29) is 0 Å². The van der Waals surface area contributed by atoms with Crippen LogP contribution in [0.2, 0.25) is 10.0 Å². The maximum atomic E-state index is 12.1. The van der Waals surface area contributed by atoms with Crippen molar-refractivity contribution in [3.05, 3.63) is 40.5 Å². The summed E-state index contributed by atoms with van der Waals surface area (Å²) in [5.41, 5.74) is 1.44. The summed E-state index contributed by atoms with van der Waals surface area (Å²) in [4.78, 5) is 24.3. The van der Waals surface area contributed by atoms with Gasteiger partial charge in [0.1, 0.15) is 0 Å². The van der Waals surface area contributed by atoms with E-state index in [1.165, 1.54) is 4.90 Å². The van der Waals surface area contributed by atoms with E-state index in [1.807, 2.05) is 4.90 Å². The van der Waals surface area contributed by atoms with Gasteiger partial charge in [0.05, 0.1) is 10.7 Å². The molecule has 1 aliphatic rings. The predicted octanol–water partition coefficient (Wildman–Crippen LogP) is 4.12. The van der Waals surface area contributed by atoms with Crippen LogP contribution in [-0.4, -0.2) is 60.4 Å². The van der Waals surface area contributed by atoms with Gasteiger partial charge in [-0.3, -0.25) is 4.79 Å². The normalized spacial score (nSPS) is 15.2. The van der Waals surface area contributed by atoms with Crippen molar-refractivity contribution >= 4 is 75.6 Å². The van der Waals surface area contributed by atoms with Crippen molar-refractivity contribution in [3.8, 4) is 11.3 Å². The minimum atomic E-state index is -1.96. The molecule has 0 aliphatic carbocycles. The lowest BCUT2D eigenvalue weighted by Crippen LogP contribution is -2.52. The minimum absolute atomic E-state index is 0.392. The summed E-state index contributed by atoms with van der Waals surface area (Å²) >= 11 is 29.6. The number of rotatable bonds is 2. The highest BCUT2D eigenvalue weighted by molar-refractivity contribution is 6.76. The van der Waals surface area contributed by atoms with Crippen molar-refractivity contribution in [2.45, 2.75) is 3.79 Å². The number of hydrogen-bond acceptors (Lipinski definition) is 5. The quantitative estimate of drug-likeness (QED) is 0.502. The van der Waals surface area contributed by atoms with E-state index in [4.69, 9.17) is 58.0 Å². The van der Waals surface area contributed by atoms with Gasteiger partial charge in [-0.1, -0.05) is 58.0 Å². The van der Waals surface area contributed by atoms with Crippen molar-refractivity contribution in [2.24, 2.45) is 0 Å². The molecule has 152 valence electrons. The van der Waals surface area contributed by atoms with E-state index < -0.39 is 9.70 Å². The molecular weight excluding hydrogens is 481 g/mol. The Morgan fingerprint density at radius 3 is 2.45 bits per heavy atom. The van der Waals surface area contributed by atoms with Crippen molar-refractivity contribution < 1.29 is 4.79 Å². The van der Waals surface area contributed by atoms with Crippen LogP contribution in [0.3, 0.4) is 0 Å². The van der Waals surface area contributed by atoms with Gasteiger partial charge in [0.15, 0.2) is 0 Å². The lowest BCUT2D eigenvalue weighted by Gasteiger charge is -2.35. The summed E-state index contributed by atoms with van der Waals surface area (Å²) in [5, 5.41) is 5.69. The van der Waals surface area contributed by atoms with Gasteiger partial charge in [-0.25, -0.2) is 4.98 Å². The molecule has 1 aromatic carbocycles. The lowest BCUT2D eigenvalue weighted by molar-refractivity contribution is -0.130. The van der Waals surface area contributed by atoms with E-state index in [0.29, 0.717) is 53.6 Å². The van der Waals surface area contributed by atoms with Gasteiger partial charge in [-0.05, 0) is 24.3 Å². The van der Waals surface area contributed by atoms with Crippen LogP contribution in [0.25, 0.3) is 17.0 Å². The molecule has 29 heavy (non-hydrogen) atoms. The molecule has 2 aromatic heterocycles. The van der Waals surface area contributed by atoms with E-state index >= 15 is 0 Å². The number of carbonyl (C=O) groups excluding carboxylic acids is 1. The lowest BCUT2D eigenvalue weighted by atomic mass is 10.1. The number of hydrogen-bond donors (Lipinski definition) is 0. The van der Waals surface area contributed by atoms with Crippen LogP contribution in [0.5, 0.6) is 0 Å². The van der Waals surface area contributed by atoms with E-state index in [0.717, 1.165) is 5.56 Å². The largest absolute Gasteiger partial charge is 0.336 e. The second-order valence-electron chi connectivity index (χ2n) is 6.35. The van der Waals surface area contributed by atoms with Gasteiger partial charge in [0.2, 0.25) is 5.95 Å². The number of anilines is 1. The Hall–Kier alpha value is -1.51. The predicted molar refractivity (Wildman–Crippen MR) is 115 cm³/mol. The molecule has 0 atom stereocenters. The molecule has 0 saturated carbocycles. The molecule has 0 N–H and O–H groups in total. The number of amides is 1. The van der Waals surface area contributed by atoms with Gasteiger partial charge in [-0.15, -0.1) is 5.10 Å². The highest BCUT2D eigenvalue weighted by atomic mass is 35.6. The summed E-state index contributed by atoms with van der Waals surface area (Å²) in [6.45, 7) is 1.78. The van der Waals surface area contributed by atoms with Crippen LogP contribution in [-0.2, 0) is 4.79 Å². The first-order chi connectivity index (χ1) is 13.7. The average molecular weight is 495 g/mol. The first kappa shape index (κ1) is 20.8. The second kappa shape index (κ2) is 7.96. The zero-order chi connectivity index (χ0) is 20.8.